The fraction of sp³-hybridized carbons (Fsp3) is 0.286. The van der Waals surface area contributed by atoms with Crippen molar-refractivity contribution in [3.05, 3.63) is 37.9 Å². The molecule has 1 aromatic carbocycles. The Kier molecular flexibility index (Phi) is 5.04. The van der Waals surface area contributed by atoms with E-state index in [1.54, 1.807) is 0 Å². The van der Waals surface area contributed by atoms with Gasteiger partial charge in [0.05, 0.1) is 15.2 Å². The Morgan fingerprint density at radius 3 is 2.45 bits per heavy atom. The van der Waals surface area contributed by atoms with Crippen LogP contribution in [0, 0.1) is 0 Å². The van der Waals surface area contributed by atoms with Crippen LogP contribution < -0.4 is 5.32 Å². The number of aromatic nitrogens is 2. The number of nitrogens with zero attached hydrogens (tertiary/aromatic N) is 2. The van der Waals surface area contributed by atoms with Gasteiger partial charge in [-0.1, -0.05) is 41.4 Å². The van der Waals surface area contributed by atoms with E-state index in [-0.39, 0.29) is 5.92 Å². The van der Waals surface area contributed by atoms with E-state index in [0.29, 0.717) is 10.8 Å². The van der Waals surface area contributed by atoms with Gasteiger partial charge in [-0.25, -0.2) is 9.97 Å². The summed E-state index contributed by atoms with van der Waals surface area (Å²) in [5, 5.41) is 3.70. The third-order valence-corrected chi connectivity index (χ3v) is 4.42. The summed E-state index contributed by atoms with van der Waals surface area (Å²) in [5.41, 5.74) is 1.78. The average Bonchev–Trinajstić information content (AvgIpc) is 2.39. The first-order chi connectivity index (χ1) is 9.43. The molecule has 0 atom stereocenters. The molecule has 1 heterocycles. The molecule has 0 aliphatic heterocycles. The third-order valence-electron chi connectivity index (χ3n) is 2.83. The lowest BCUT2D eigenvalue weighted by Gasteiger charge is -2.14. The Bertz CT molecular complexity index is 645. The van der Waals surface area contributed by atoms with Crippen molar-refractivity contribution in [2.45, 2.75) is 19.8 Å². The van der Waals surface area contributed by atoms with Crippen LogP contribution in [0.1, 0.15) is 25.5 Å². The lowest BCUT2D eigenvalue weighted by Crippen LogP contribution is -2.04. The van der Waals surface area contributed by atoms with Gasteiger partial charge in [0, 0.05) is 17.1 Å². The molecule has 0 saturated heterocycles. The molecule has 1 N–H and O–H groups in total. The zero-order chi connectivity index (χ0) is 14.9. The van der Waals surface area contributed by atoms with Crippen LogP contribution in [0.15, 0.2) is 27.1 Å². The summed E-state index contributed by atoms with van der Waals surface area (Å²) in [6, 6.07) is 5.69. The van der Waals surface area contributed by atoms with Crippen molar-refractivity contribution in [1.82, 2.24) is 9.97 Å². The van der Waals surface area contributed by atoms with Crippen LogP contribution in [0.3, 0.4) is 0 Å². The fourth-order valence-electron chi connectivity index (χ4n) is 1.80. The molecule has 6 heteroatoms. The molecule has 3 nitrogen and oxygen atoms in total. The van der Waals surface area contributed by atoms with Gasteiger partial charge < -0.3 is 5.32 Å². The van der Waals surface area contributed by atoms with Gasteiger partial charge in [-0.3, -0.25) is 0 Å². The first-order valence-electron chi connectivity index (χ1n) is 6.14. The van der Waals surface area contributed by atoms with E-state index in [2.05, 4.69) is 61.0 Å². The fourth-order valence-corrected chi connectivity index (χ4v) is 3.40. The standard InChI is InChI=1S/C14H14Br2ClN3/c1-7(2)12-11(16)14(18-3)20-13(19-12)9-5-4-8(15)6-10(9)17/h4-7H,1-3H3,(H,18,19,20). The third kappa shape index (κ3) is 3.15. The van der Waals surface area contributed by atoms with E-state index in [4.69, 9.17) is 11.6 Å². The molecular formula is C14H14Br2ClN3. The van der Waals surface area contributed by atoms with E-state index in [0.717, 1.165) is 26.0 Å². The Morgan fingerprint density at radius 2 is 1.90 bits per heavy atom. The second kappa shape index (κ2) is 6.41. The summed E-state index contributed by atoms with van der Waals surface area (Å²) in [7, 11) is 1.84. The molecule has 0 aliphatic carbocycles. The van der Waals surface area contributed by atoms with Crippen molar-refractivity contribution in [1.29, 1.82) is 0 Å². The second-order valence-corrected chi connectivity index (χ2v) is 6.74. The molecule has 2 aromatic rings. The average molecular weight is 420 g/mol. The quantitative estimate of drug-likeness (QED) is 0.715. The second-order valence-electron chi connectivity index (χ2n) is 4.62. The van der Waals surface area contributed by atoms with Crippen LogP contribution >= 0.6 is 43.5 Å². The monoisotopic (exact) mass is 417 g/mol. The van der Waals surface area contributed by atoms with Gasteiger partial charge in [-0.15, -0.1) is 0 Å². The molecule has 0 amide bonds. The number of hydrogen-bond acceptors (Lipinski definition) is 3. The SMILES string of the molecule is CNc1nc(-c2ccc(Br)cc2Cl)nc(C(C)C)c1Br. The summed E-state index contributed by atoms with van der Waals surface area (Å²) < 4.78 is 1.83. The highest BCUT2D eigenvalue weighted by molar-refractivity contribution is 9.11. The summed E-state index contributed by atoms with van der Waals surface area (Å²) in [6.45, 7) is 4.19. The smallest absolute Gasteiger partial charge is 0.163 e. The lowest BCUT2D eigenvalue weighted by molar-refractivity contribution is 0.810. The minimum absolute atomic E-state index is 0.285. The van der Waals surface area contributed by atoms with Gasteiger partial charge in [0.2, 0.25) is 0 Å². The zero-order valence-corrected chi connectivity index (χ0v) is 15.3. The molecule has 1 aromatic heterocycles. The number of halogens is 3. The van der Waals surface area contributed by atoms with E-state index in [9.17, 15) is 0 Å². The van der Waals surface area contributed by atoms with Gasteiger partial charge in [-0.05, 0) is 40.0 Å². The molecule has 0 fully saturated rings. The van der Waals surface area contributed by atoms with Crippen LogP contribution in [-0.4, -0.2) is 17.0 Å². The Morgan fingerprint density at radius 1 is 1.20 bits per heavy atom. The topological polar surface area (TPSA) is 37.8 Å². The lowest BCUT2D eigenvalue weighted by atomic mass is 10.1. The molecule has 0 saturated carbocycles. The number of anilines is 1. The molecule has 0 spiro atoms. The maximum absolute atomic E-state index is 6.29. The Hall–Kier alpha value is -0.650. The van der Waals surface area contributed by atoms with E-state index < -0.39 is 0 Å². The van der Waals surface area contributed by atoms with Crippen molar-refractivity contribution in [2.75, 3.05) is 12.4 Å². The molecule has 20 heavy (non-hydrogen) atoms. The summed E-state index contributed by atoms with van der Waals surface area (Å²) in [6.07, 6.45) is 0. The number of rotatable bonds is 3. The molecule has 0 bridgehead atoms. The largest absolute Gasteiger partial charge is 0.372 e. The van der Waals surface area contributed by atoms with Gasteiger partial charge >= 0.3 is 0 Å². The highest BCUT2D eigenvalue weighted by Crippen LogP contribution is 2.34. The molecule has 0 radical (unpaired) electrons. The van der Waals surface area contributed by atoms with Crippen molar-refractivity contribution in [3.63, 3.8) is 0 Å². The maximum atomic E-state index is 6.29. The zero-order valence-electron chi connectivity index (χ0n) is 11.3. The van der Waals surface area contributed by atoms with Crippen LogP contribution in [0.2, 0.25) is 5.02 Å². The normalized spacial score (nSPS) is 10.9. The molecule has 2 rings (SSSR count). The first kappa shape index (κ1) is 15.7. The van der Waals surface area contributed by atoms with Gasteiger partial charge in [0.15, 0.2) is 5.82 Å². The Balaban J connectivity index is 2.65. The van der Waals surface area contributed by atoms with E-state index in [1.165, 1.54) is 0 Å². The molecular weight excluding hydrogens is 405 g/mol. The first-order valence-corrected chi connectivity index (χ1v) is 8.11. The van der Waals surface area contributed by atoms with Gasteiger partial charge in [0.25, 0.3) is 0 Å². The predicted molar refractivity (Wildman–Crippen MR) is 91.5 cm³/mol. The number of hydrogen-bond donors (Lipinski definition) is 1. The van der Waals surface area contributed by atoms with Crippen LogP contribution in [0.25, 0.3) is 11.4 Å². The summed E-state index contributed by atoms with van der Waals surface area (Å²) in [5.74, 6) is 1.67. The van der Waals surface area contributed by atoms with Crippen molar-refractivity contribution < 1.29 is 0 Å². The minimum Gasteiger partial charge on any atom is -0.372 e. The van der Waals surface area contributed by atoms with E-state index >= 15 is 0 Å². The van der Waals surface area contributed by atoms with Gasteiger partial charge in [-0.2, -0.15) is 0 Å². The summed E-state index contributed by atoms with van der Waals surface area (Å²) in [4.78, 5) is 9.17. The van der Waals surface area contributed by atoms with Crippen molar-refractivity contribution in [2.24, 2.45) is 0 Å². The van der Waals surface area contributed by atoms with Crippen molar-refractivity contribution >= 4 is 49.3 Å². The Labute approximate surface area is 140 Å². The minimum atomic E-state index is 0.285. The van der Waals surface area contributed by atoms with Crippen LogP contribution in [-0.2, 0) is 0 Å². The highest BCUT2D eigenvalue weighted by Gasteiger charge is 2.16. The maximum Gasteiger partial charge on any atom is 0.163 e. The van der Waals surface area contributed by atoms with Crippen LogP contribution in [0.4, 0.5) is 5.82 Å². The molecule has 106 valence electrons. The number of benzene rings is 1. The van der Waals surface area contributed by atoms with Crippen molar-refractivity contribution in [3.8, 4) is 11.4 Å². The molecule has 0 aliphatic rings. The number of nitrogens with one attached hydrogen (secondary N) is 1. The predicted octanol–water partition coefficient (Wildman–Crippen LogP) is 5.49. The van der Waals surface area contributed by atoms with Crippen LogP contribution in [0.5, 0.6) is 0 Å². The highest BCUT2D eigenvalue weighted by atomic mass is 79.9. The summed E-state index contributed by atoms with van der Waals surface area (Å²) >= 11 is 13.2. The molecule has 0 unspecified atom stereocenters. The van der Waals surface area contributed by atoms with E-state index in [1.807, 2.05) is 25.2 Å². The van der Waals surface area contributed by atoms with Gasteiger partial charge in [0.1, 0.15) is 5.82 Å².